The lowest BCUT2D eigenvalue weighted by Gasteiger charge is -2.14. The van der Waals surface area contributed by atoms with Crippen LogP contribution in [0.5, 0.6) is 5.75 Å². The smallest absolute Gasteiger partial charge is 0.306 e. The van der Waals surface area contributed by atoms with Gasteiger partial charge in [-0.05, 0) is 23.8 Å². The molecular weight excluding hydrogens is 400 g/mol. The Morgan fingerprint density at radius 1 is 0.938 bits per heavy atom. The largest absolute Gasteiger partial charge is 0.490 e. The molecule has 1 aromatic carbocycles. The highest BCUT2D eigenvalue weighted by atomic mass is 16.5. The number of hydrogen-bond donors (Lipinski definition) is 0. The number of carbonyl (C=O) groups excluding carboxylic acids is 1. The summed E-state index contributed by atoms with van der Waals surface area (Å²) in [6.07, 6.45) is 12.3. The van der Waals surface area contributed by atoms with Crippen LogP contribution >= 0.6 is 0 Å². The van der Waals surface area contributed by atoms with E-state index in [2.05, 4.69) is 30.7 Å². The molecule has 0 N–H and O–H groups in total. The van der Waals surface area contributed by atoms with Gasteiger partial charge in [-0.25, -0.2) is 9.97 Å². The summed E-state index contributed by atoms with van der Waals surface area (Å²) in [5.41, 5.74) is 2.05. The van der Waals surface area contributed by atoms with Gasteiger partial charge in [0.05, 0.1) is 32.0 Å². The molecule has 0 amide bonds. The van der Waals surface area contributed by atoms with Crippen molar-refractivity contribution in [2.24, 2.45) is 5.92 Å². The zero-order chi connectivity index (χ0) is 23.2. The average molecular weight is 441 g/mol. The predicted molar refractivity (Wildman–Crippen MR) is 130 cm³/mol. The molecule has 0 fully saturated rings. The molecule has 176 valence electrons. The summed E-state index contributed by atoms with van der Waals surface area (Å²) < 4.78 is 11.1. The van der Waals surface area contributed by atoms with Crippen LogP contribution in [0, 0.1) is 5.92 Å². The van der Waals surface area contributed by atoms with Crippen LogP contribution in [0.4, 0.5) is 0 Å². The predicted octanol–water partition coefficient (Wildman–Crippen LogP) is 6.97. The second kappa shape index (κ2) is 14.6. The van der Waals surface area contributed by atoms with Crippen LogP contribution in [0.2, 0.25) is 0 Å². The highest BCUT2D eigenvalue weighted by Gasteiger charge is 2.14. The van der Waals surface area contributed by atoms with Crippen molar-refractivity contribution >= 4 is 5.97 Å². The van der Waals surface area contributed by atoms with E-state index < -0.39 is 0 Å². The molecule has 5 heteroatoms. The number of carbonyl (C=O) groups is 1. The number of aromatic nitrogens is 2. The summed E-state index contributed by atoms with van der Waals surface area (Å²) in [7, 11) is 0. The van der Waals surface area contributed by atoms with Crippen molar-refractivity contribution in [3.05, 3.63) is 42.2 Å². The third-order valence-electron chi connectivity index (χ3n) is 5.83. The van der Waals surface area contributed by atoms with Crippen molar-refractivity contribution in [3.8, 4) is 17.1 Å². The number of hydrogen-bond acceptors (Lipinski definition) is 5. The molecule has 2 aromatic rings. The highest BCUT2D eigenvalue weighted by Crippen LogP contribution is 2.24. The van der Waals surface area contributed by atoms with Gasteiger partial charge in [-0.3, -0.25) is 4.79 Å². The van der Waals surface area contributed by atoms with Gasteiger partial charge in [0.1, 0.15) is 0 Å². The molecule has 2 atom stereocenters. The van der Waals surface area contributed by atoms with Gasteiger partial charge in [0, 0.05) is 5.56 Å². The molecule has 0 aliphatic carbocycles. The summed E-state index contributed by atoms with van der Waals surface area (Å²) in [5, 5.41) is 0. The molecule has 32 heavy (non-hydrogen) atoms. The van der Waals surface area contributed by atoms with Gasteiger partial charge in [0.2, 0.25) is 0 Å². The Bertz CT molecular complexity index is 774. The van der Waals surface area contributed by atoms with Gasteiger partial charge < -0.3 is 9.47 Å². The zero-order valence-corrected chi connectivity index (χ0v) is 20.3. The Hall–Kier alpha value is -2.43. The minimum atomic E-state index is -0.137. The Morgan fingerprint density at radius 2 is 1.59 bits per heavy atom. The van der Waals surface area contributed by atoms with E-state index >= 15 is 0 Å². The molecule has 0 saturated carbocycles. The van der Waals surface area contributed by atoms with Gasteiger partial charge in [-0.1, -0.05) is 90.5 Å². The second-order valence-electron chi connectivity index (χ2n) is 8.78. The first-order valence-electron chi connectivity index (χ1n) is 12.2. The minimum Gasteiger partial charge on any atom is -0.490 e. The lowest BCUT2D eigenvalue weighted by Crippen LogP contribution is -2.13. The quantitative estimate of drug-likeness (QED) is 0.221. The van der Waals surface area contributed by atoms with Gasteiger partial charge in [0.15, 0.2) is 11.6 Å². The number of benzene rings is 1. The summed E-state index contributed by atoms with van der Waals surface area (Å²) in [6.45, 7) is 9.68. The van der Waals surface area contributed by atoms with E-state index in [4.69, 9.17) is 9.47 Å². The normalized spacial score (nSPS) is 12.9. The Kier molecular flexibility index (Phi) is 11.8. The summed E-state index contributed by atoms with van der Waals surface area (Å²) in [6, 6.07) is 8.08. The zero-order valence-electron chi connectivity index (χ0n) is 20.3. The summed E-state index contributed by atoms with van der Waals surface area (Å²) >= 11 is 0. The van der Waals surface area contributed by atoms with Crippen LogP contribution in [-0.4, -0.2) is 29.2 Å². The molecule has 0 saturated heterocycles. The number of unbranched alkanes of at least 4 members (excludes halogenated alkanes) is 5. The standard InChI is InChI=1S/C27H40N2O3/c1-5-7-8-9-10-11-16-31-25-18-28-27(29-19-25)24-14-12-23(13-15-24)22(4)17-26(30)32-20-21(3)6-2/h12-15,18-19,21-22H,5-11,16-17,20H2,1-4H3. The van der Waals surface area contributed by atoms with Crippen molar-refractivity contribution < 1.29 is 14.3 Å². The Morgan fingerprint density at radius 3 is 2.25 bits per heavy atom. The van der Waals surface area contributed by atoms with Gasteiger partial charge in [-0.15, -0.1) is 0 Å². The molecule has 0 aliphatic heterocycles. The first kappa shape index (κ1) is 25.8. The van der Waals surface area contributed by atoms with E-state index in [1.54, 1.807) is 12.4 Å². The van der Waals surface area contributed by atoms with Crippen LogP contribution < -0.4 is 4.74 Å². The van der Waals surface area contributed by atoms with Crippen LogP contribution in [-0.2, 0) is 9.53 Å². The van der Waals surface area contributed by atoms with Crippen LogP contribution in [0.1, 0.15) is 90.5 Å². The van der Waals surface area contributed by atoms with E-state index in [9.17, 15) is 4.79 Å². The third kappa shape index (κ3) is 9.37. The molecule has 2 unspecified atom stereocenters. The highest BCUT2D eigenvalue weighted by molar-refractivity contribution is 5.70. The van der Waals surface area contributed by atoms with E-state index in [1.807, 2.05) is 31.2 Å². The van der Waals surface area contributed by atoms with Crippen LogP contribution in [0.25, 0.3) is 11.4 Å². The van der Waals surface area contributed by atoms with Crippen molar-refractivity contribution in [2.75, 3.05) is 13.2 Å². The first-order valence-corrected chi connectivity index (χ1v) is 12.2. The van der Waals surface area contributed by atoms with E-state index in [-0.39, 0.29) is 11.9 Å². The fourth-order valence-corrected chi connectivity index (χ4v) is 3.35. The molecule has 1 heterocycles. The Labute approximate surface area is 194 Å². The molecule has 0 spiro atoms. The van der Waals surface area contributed by atoms with Crippen LogP contribution in [0.3, 0.4) is 0 Å². The maximum Gasteiger partial charge on any atom is 0.306 e. The van der Waals surface area contributed by atoms with Crippen molar-refractivity contribution in [1.29, 1.82) is 0 Å². The van der Waals surface area contributed by atoms with Gasteiger partial charge in [0.25, 0.3) is 0 Å². The molecule has 2 rings (SSSR count). The van der Waals surface area contributed by atoms with E-state index in [0.717, 1.165) is 24.0 Å². The molecular formula is C27H40N2O3. The third-order valence-corrected chi connectivity index (χ3v) is 5.83. The first-order chi connectivity index (χ1) is 15.5. The van der Waals surface area contributed by atoms with Gasteiger partial charge >= 0.3 is 5.97 Å². The van der Waals surface area contributed by atoms with Crippen molar-refractivity contribution in [3.63, 3.8) is 0 Å². The number of ether oxygens (including phenoxy) is 2. The lowest BCUT2D eigenvalue weighted by molar-refractivity contribution is -0.145. The molecule has 0 aliphatic rings. The van der Waals surface area contributed by atoms with E-state index in [0.29, 0.717) is 37.1 Å². The van der Waals surface area contributed by atoms with Crippen molar-refractivity contribution in [2.45, 2.75) is 85.0 Å². The number of esters is 1. The average Bonchev–Trinajstić information content (AvgIpc) is 2.82. The number of nitrogens with zero attached hydrogens (tertiary/aromatic N) is 2. The summed E-state index contributed by atoms with van der Waals surface area (Å²) in [4.78, 5) is 21.0. The molecule has 5 nitrogen and oxygen atoms in total. The minimum absolute atomic E-state index is 0.104. The molecule has 1 aromatic heterocycles. The SMILES string of the molecule is CCCCCCCCOc1cnc(-c2ccc(C(C)CC(=O)OCC(C)CC)cc2)nc1. The van der Waals surface area contributed by atoms with Crippen LogP contribution in [0.15, 0.2) is 36.7 Å². The second-order valence-corrected chi connectivity index (χ2v) is 8.78. The van der Waals surface area contributed by atoms with Crippen molar-refractivity contribution in [1.82, 2.24) is 9.97 Å². The summed E-state index contributed by atoms with van der Waals surface area (Å²) in [5.74, 6) is 1.75. The monoisotopic (exact) mass is 440 g/mol. The molecule has 0 bridgehead atoms. The van der Waals surface area contributed by atoms with E-state index in [1.165, 1.54) is 32.1 Å². The Balaban J connectivity index is 1.78. The fourth-order valence-electron chi connectivity index (χ4n) is 3.35. The lowest BCUT2D eigenvalue weighted by atomic mass is 9.96. The maximum absolute atomic E-state index is 12.1. The fraction of sp³-hybridized carbons (Fsp3) is 0.593. The topological polar surface area (TPSA) is 61.3 Å². The molecule has 0 radical (unpaired) electrons. The number of rotatable bonds is 15. The van der Waals surface area contributed by atoms with Gasteiger partial charge in [-0.2, -0.15) is 0 Å². The maximum atomic E-state index is 12.1.